The van der Waals surface area contributed by atoms with Crippen molar-refractivity contribution in [1.82, 2.24) is 9.80 Å². The Labute approximate surface area is 203 Å². The van der Waals surface area contributed by atoms with E-state index in [1.54, 1.807) is 48.5 Å². The molecule has 35 heavy (non-hydrogen) atoms. The minimum atomic E-state index is -0.826. The number of Topliss-reactive ketones (excluding diaryl/α,β-unsaturated/α-hetero) is 1. The molecule has 184 valence electrons. The van der Waals surface area contributed by atoms with Crippen molar-refractivity contribution >= 4 is 23.4 Å². The lowest BCUT2D eigenvalue weighted by Crippen LogP contribution is -2.42. The van der Waals surface area contributed by atoms with E-state index in [0.717, 1.165) is 13.1 Å². The largest absolute Gasteiger partial charge is 0.507 e. The highest BCUT2D eigenvalue weighted by molar-refractivity contribution is 6.46. The summed E-state index contributed by atoms with van der Waals surface area (Å²) in [6.07, 6.45) is 0. The number of hydrogen-bond acceptors (Lipinski definition) is 8. The van der Waals surface area contributed by atoms with Crippen LogP contribution in [0, 0.1) is 0 Å². The van der Waals surface area contributed by atoms with Crippen LogP contribution >= 0.6 is 0 Å². The number of nitrogens with zero attached hydrogens (tertiary/aromatic N) is 2. The number of para-hydroxylation sites is 1. The fourth-order valence-electron chi connectivity index (χ4n) is 4.44. The molecule has 9 nitrogen and oxygen atoms in total. The molecule has 2 aliphatic rings. The van der Waals surface area contributed by atoms with Gasteiger partial charge in [0.15, 0.2) is 0 Å². The fraction of sp³-hybridized carbons (Fsp3) is 0.346. The van der Waals surface area contributed by atoms with E-state index in [-0.39, 0.29) is 17.9 Å². The van der Waals surface area contributed by atoms with Gasteiger partial charge in [0.2, 0.25) is 0 Å². The van der Waals surface area contributed by atoms with Gasteiger partial charge in [-0.3, -0.25) is 14.5 Å². The molecule has 1 unspecified atom stereocenters. The Balaban J connectivity index is 1.76. The molecule has 0 aromatic heterocycles. The summed E-state index contributed by atoms with van der Waals surface area (Å²) in [7, 11) is 2.76. The van der Waals surface area contributed by atoms with Gasteiger partial charge in [-0.25, -0.2) is 4.79 Å². The number of ether oxygens (including phenoxy) is 3. The van der Waals surface area contributed by atoms with Crippen LogP contribution in [0.4, 0.5) is 0 Å². The molecule has 9 heteroatoms. The number of aliphatic hydroxyl groups excluding tert-OH is 1. The second-order valence-corrected chi connectivity index (χ2v) is 8.26. The molecule has 2 aromatic rings. The highest BCUT2D eigenvalue weighted by Gasteiger charge is 2.46. The van der Waals surface area contributed by atoms with Crippen molar-refractivity contribution in [1.29, 1.82) is 0 Å². The number of esters is 1. The first-order chi connectivity index (χ1) is 17.0. The van der Waals surface area contributed by atoms with Crippen LogP contribution in [0.15, 0.2) is 54.1 Å². The molecule has 0 saturated carbocycles. The number of benzene rings is 2. The molecule has 2 saturated heterocycles. The zero-order valence-corrected chi connectivity index (χ0v) is 19.7. The summed E-state index contributed by atoms with van der Waals surface area (Å²) in [5.74, 6) is -1.87. The molecule has 4 rings (SSSR count). The van der Waals surface area contributed by atoms with Gasteiger partial charge in [-0.05, 0) is 29.8 Å². The standard InChI is InChI=1S/C26H28N2O7/c1-33-20-6-4-3-5-19(20)23(29)21-22(17-7-9-18(10-8-17)26(32)34-2)28(25(31)24(21)30)12-11-27-13-15-35-16-14-27/h3-10,22,29H,11-16H2,1-2H3/b23-21+. The third kappa shape index (κ3) is 4.91. The lowest BCUT2D eigenvalue weighted by molar-refractivity contribution is -0.140. The average molecular weight is 481 g/mol. The van der Waals surface area contributed by atoms with Gasteiger partial charge in [0, 0.05) is 26.2 Å². The van der Waals surface area contributed by atoms with Crippen molar-refractivity contribution in [2.45, 2.75) is 6.04 Å². The van der Waals surface area contributed by atoms with E-state index in [9.17, 15) is 19.5 Å². The first-order valence-corrected chi connectivity index (χ1v) is 11.4. The van der Waals surface area contributed by atoms with E-state index >= 15 is 0 Å². The number of aliphatic hydroxyl groups is 1. The van der Waals surface area contributed by atoms with Gasteiger partial charge in [0.25, 0.3) is 11.7 Å². The summed E-state index contributed by atoms with van der Waals surface area (Å²) in [5.41, 5.74) is 1.23. The molecular weight excluding hydrogens is 452 g/mol. The van der Waals surface area contributed by atoms with Crippen molar-refractivity contribution in [3.05, 3.63) is 70.8 Å². The quantitative estimate of drug-likeness (QED) is 0.278. The van der Waals surface area contributed by atoms with Crippen molar-refractivity contribution in [2.75, 3.05) is 53.6 Å². The number of hydrogen-bond donors (Lipinski definition) is 1. The van der Waals surface area contributed by atoms with Crippen molar-refractivity contribution in [3.63, 3.8) is 0 Å². The molecule has 1 N–H and O–H groups in total. The van der Waals surface area contributed by atoms with E-state index in [4.69, 9.17) is 14.2 Å². The molecule has 2 heterocycles. The topological polar surface area (TPSA) is 106 Å². The normalized spacial score (nSPS) is 20.2. The van der Waals surface area contributed by atoms with E-state index in [0.29, 0.717) is 42.2 Å². The summed E-state index contributed by atoms with van der Waals surface area (Å²) >= 11 is 0. The highest BCUT2D eigenvalue weighted by atomic mass is 16.5. The molecule has 0 radical (unpaired) electrons. The molecule has 2 aromatic carbocycles. The smallest absolute Gasteiger partial charge is 0.337 e. The zero-order chi connectivity index (χ0) is 24.9. The Hall–Kier alpha value is -3.69. The minimum absolute atomic E-state index is 0.0210. The first kappa shape index (κ1) is 24.4. The zero-order valence-electron chi connectivity index (χ0n) is 19.7. The highest BCUT2D eigenvalue weighted by Crippen LogP contribution is 2.40. The predicted octanol–water partition coefficient (Wildman–Crippen LogP) is 2.24. The van der Waals surface area contributed by atoms with Gasteiger partial charge in [0.1, 0.15) is 11.5 Å². The maximum absolute atomic E-state index is 13.2. The average Bonchev–Trinajstić information content (AvgIpc) is 3.16. The summed E-state index contributed by atoms with van der Waals surface area (Å²) in [5, 5.41) is 11.3. The summed E-state index contributed by atoms with van der Waals surface area (Å²) in [6, 6.07) is 12.4. The number of ketones is 1. The Morgan fingerprint density at radius 2 is 1.71 bits per heavy atom. The van der Waals surface area contributed by atoms with Crippen LogP contribution in [0.2, 0.25) is 0 Å². The number of likely N-dealkylation sites (tertiary alicyclic amines) is 1. The number of rotatable bonds is 7. The molecule has 0 aliphatic carbocycles. The Kier molecular flexibility index (Phi) is 7.48. The van der Waals surface area contributed by atoms with Gasteiger partial charge in [0.05, 0.1) is 50.2 Å². The Morgan fingerprint density at radius 1 is 1.03 bits per heavy atom. The lowest BCUT2D eigenvalue weighted by atomic mass is 9.94. The maximum atomic E-state index is 13.2. The Bertz CT molecular complexity index is 1140. The van der Waals surface area contributed by atoms with Crippen LogP contribution in [0.1, 0.15) is 27.5 Å². The number of morpholine rings is 1. The SMILES string of the molecule is COC(=O)c1ccc(C2/C(=C(\O)c3ccccc3OC)C(=O)C(=O)N2CCN2CCOCC2)cc1. The molecule has 0 bridgehead atoms. The molecule has 1 amide bonds. The van der Waals surface area contributed by atoms with Crippen molar-refractivity contribution in [2.24, 2.45) is 0 Å². The molecule has 2 aliphatic heterocycles. The van der Waals surface area contributed by atoms with Crippen LogP contribution < -0.4 is 4.74 Å². The summed E-state index contributed by atoms with van der Waals surface area (Å²) in [6.45, 7) is 3.56. The van der Waals surface area contributed by atoms with Gasteiger partial charge >= 0.3 is 5.97 Å². The second kappa shape index (κ2) is 10.7. The maximum Gasteiger partial charge on any atom is 0.337 e. The van der Waals surface area contributed by atoms with E-state index in [1.165, 1.54) is 19.1 Å². The lowest BCUT2D eigenvalue weighted by Gasteiger charge is -2.31. The van der Waals surface area contributed by atoms with E-state index < -0.39 is 23.7 Å². The van der Waals surface area contributed by atoms with Gasteiger partial charge < -0.3 is 24.2 Å². The molecule has 2 fully saturated rings. The van der Waals surface area contributed by atoms with Gasteiger partial charge in [-0.2, -0.15) is 0 Å². The number of carbonyl (C=O) groups is 3. The van der Waals surface area contributed by atoms with Gasteiger partial charge in [-0.1, -0.05) is 24.3 Å². The van der Waals surface area contributed by atoms with Crippen molar-refractivity contribution in [3.8, 4) is 5.75 Å². The fourth-order valence-corrected chi connectivity index (χ4v) is 4.44. The van der Waals surface area contributed by atoms with Crippen LogP contribution in [0.25, 0.3) is 5.76 Å². The molecular formula is C26H28N2O7. The third-order valence-electron chi connectivity index (χ3n) is 6.31. The second-order valence-electron chi connectivity index (χ2n) is 8.26. The van der Waals surface area contributed by atoms with Crippen LogP contribution in [0.3, 0.4) is 0 Å². The Morgan fingerprint density at radius 3 is 2.37 bits per heavy atom. The predicted molar refractivity (Wildman–Crippen MR) is 127 cm³/mol. The number of carbonyl (C=O) groups excluding carboxylic acids is 3. The summed E-state index contributed by atoms with van der Waals surface area (Å²) in [4.78, 5) is 41.9. The van der Waals surface area contributed by atoms with Crippen LogP contribution in [0.5, 0.6) is 5.75 Å². The third-order valence-corrected chi connectivity index (χ3v) is 6.31. The van der Waals surface area contributed by atoms with E-state index in [1.807, 2.05) is 0 Å². The minimum Gasteiger partial charge on any atom is -0.507 e. The number of amides is 1. The van der Waals surface area contributed by atoms with Crippen LogP contribution in [-0.4, -0.2) is 86.2 Å². The number of methoxy groups -OCH3 is 2. The molecule has 1 atom stereocenters. The van der Waals surface area contributed by atoms with Crippen LogP contribution in [-0.2, 0) is 19.1 Å². The van der Waals surface area contributed by atoms with Crippen molar-refractivity contribution < 1.29 is 33.7 Å². The monoisotopic (exact) mass is 480 g/mol. The van der Waals surface area contributed by atoms with E-state index in [2.05, 4.69) is 4.90 Å². The molecule has 0 spiro atoms. The summed E-state index contributed by atoms with van der Waals surface area (Å²) < 4.78 is 15.5. The first-order valence-electron chi connectivity index (χ1n) is 11.4. The van der Waals surface area contributed by atoms with Gasteiger partial charge in [-0.15, -0.1) is 0 Å².